The van der Waals surface area contributed by atoms with Crippen LogP contribution in [-0.4, -0.2) is 16.8 Å². The number of alkyl halides is 1. The number of benzene rings is 2. The summed E-state index contributed by atoms with van der Waals surface area (Å²) in [7, 11) is 0. The number of amides is 1. The van der Waals surface area contributed by atoms with E-state index in [-0.39, 0.29) is 23.2 Å². The summed E-state index contributed by atoms with van der Waals surface area (Å²) in [6.07, 6.45) is -0.427. The van der Waals surface area contributed by atoms with Crippen LogP contribution in [-0.2, 0) is 9.59 Å². The predicted octanol–water partition coefficient (Wildman–Crippen LogP) is 5.29. The zero-order chi connectivity index (χ0) is 18.8. The highest BCUT2D eigenvalue weighted by Crippen LogP contribution is 2.34. The Morgan fingerprint density at radius 2 is 1.81 bits per heavy atom. The van der Waals surface area contributed by atoms with E-state index >= 15 is 0 Å². The average molecular weight is 441 g/mol. The van der Waals surface area contributed by atoms with E-state index < -0.39 is 28.5 Å². The molecule has 0 aliphatic heterocycles. The van der Waals surface area contributed by atoms with Crippen LogP contribution in [0.15, 0.2) is 54.1 Å². The van der Waals surface area contributed by atoms with Crippen LogP contribution in [0.2, 0.25) is 5.02 Å². The molecule has 1 N–H and O–H groups in total. The van der Waals surface area contributed by atoms with Gasteiger partial charge >= 0.3 is 0 Å². The lowest BCUT2D eigenvalue weighted by Crippen LogP contribution is -2.25. The molecule has 0 heterocycles. The lowest BCUT2D eigenvalue weighted by molar-refractivity contribution is -0.120. The summed E-state index contributed by atoms with van der Waals surface area (Å²) in [5.41, 5.74) is 0.702. The Hall–Kier alpha value is -2.05. The Kier molecular flexibility index (Phi) is 5.53. The number of allylic oxidation sites excluding steroid dienone is 1. The van der Waals surface area contributed by atoms with Gasteiger partial charge in [-0.3, -0.25) is 9.59 Å². The number of carbonyl (C=O) groups is 2. The van der Waals surface area contributed by atoms with Crippen molar-refractivity contribution in [1.29, 1.82) is 0 Å². The van der Waals surface area contributed by atoms with Gasteiger partial charge in [0.15, 0.2) is 5.82 Å². The second-order valence-electron chi connectivity index (χ2n) is 5.84. The van der Waals surface area contributed by atoms with Gasteiger partial charge in [0.2, 0.25) is 10.6 Å². The van der Waals surface area contributed by atoms with E-state index in [9.17, 15) is 18.4 Å². The van der Waals surface area contributed by atoms with Gasteiger partial charge in [-0.1, -0.05) is 41.9 Å². The quantitative estimate of drug-likeness (QED) is 0.657. The van der Waals surface area contributed by atoms with Crippen LogP contribution in [0.1, 0.15) is 6.42 Å². The van der Waals surface area contributed by atoms with Gasteiger partial charge in [-0.05, 0) is 40.6 Å². The third kappa shape index (κ3) is 3.71. The van der Waals surface area contributed by atoms with Gasteiger partial charge in [0.25, 0.3) is 0 Å². The molecule has 3 rings (SSSR count). The van der Waals surface area contributed by atoms with Crippen molar-refractivity contribution in [3.05, 3.63) is 65.0 Å². The largest absolute Gasteiger partial charge is 0.323 e. The van der Waals surface area contributed by atoms with Crippen LogP contribution in [0.4, 0.5) is 14.5 Å². The van der Waals surface area contributed by atoms with Crippen molar-refractivity contribution in [1.82, 2.24) is 0 Å². The fourth-order valence-electron chi connectivity index (χ4n) is 2.92. The molecule has 134 valence electrons. The first-order chi connectivity index (χ1) is 12.4. The van der Waals surface area contributed by atoms with Gasteiger partial charge < -0.3 is 5.32 Å². The third-order valence-corrected chi connectivity index (χ3v) is 4.95. The zero-order valence-corrected chi connectivity index (χ0v) is 15.7. The number of anilines is 1. The Labute approximate surface area is 162 Å². The molecular weight excluding hydrogens is 428 g/mol. The molecule has 0 saturated heterocycles. The van der Waals surface area contributed by atoms with Crippen LogP contribution in [0.3, 0.4) is 0 Å². The van der Waals surface area contributed by atoms with E-state index in [0.717, 1.165) is 6.08 Å². The predicted molar refractivity (Wildman–Crippen MR) is 100 cm³/mol. The molecule has 3 nitrogen and oxygen atoms in total. The SMILES string of the molecule is O=C(Br)C1=CC(F)C[C@H]1C(=O)Nc1cccc(-c2ccccc2Cl)c1F. The number of carbonyl (C=O) groups excluding carboxylic acids is 2. The van der Waals surface area contributed by atoms with Crippen molar-refractivity contribution in [2.24, 2.45) is 5.92 Å². The van der Waals surface area contributed by atoms with E-state index in [4.69, 9.17) is 11.6 Å². The number of nitrogens with one attached hydrogen (secondary N) is 1. The highest BCUT2D eigenvalue weighted by atomic mass is 79.9. The van der Waals surface area contributed by atoms with Crippen LogP contribution in [0, 0.1) is 11.7 Å². The molecule has 0 bridgehead atoms. The van der Waals surface area contributed by atoms with Gasteiger partial charge in [-0.25, -0.2) is 8.78 Å². The maximum atomic E-state index is 14.9. The monoisotopic (exact) mass is 439 g/mol. The van der Waals surface area contributed by atoms with Gasteiger partial charge in [0.1, 0.15) is 6.17 Å². The first-order valence-electron chi connectivity index (χ1n) is 7.78. The minimum absolute atomic E-state index is 0.0395. The van der Waals surface area contributed by atoms with Crippen LogP contribution in [0.5, 0.6) is 0 Å². The van der Waals surface area contributed by atoms with Crippen molar-refractivity contribution in [3.8, 4) is 11.1 Å². The Morgan fingerprint density at radius 3 is 2.50 bits per heavy atom. The number of halogens is 4. The molecule has 1 aliphatic carbocycles. The molecule has 1 unspecified atom stereocenters. The van der Waals surface area contributed by atoms with Crippen molar-refractivity contribution >= 4 is 43.8 Å². The molecule has 0 aromatic heterocycles. The topological polar surface area (TPSA) is 46.2 Å². The summed E-state index contributed by atoms with van der Waals surface area (Å²) in [6, 6.07) is 11.3. The first kappa shape index (κ1) is 18.7. The Balaban J connectivity index is 1.89. The molecule has 2 aromatic carbocycles. The third-order valence-electron chi connectivity index (χ3n) is 4.16. The number of hydrogen-bond donors (Lipinski definition) is 1. The number of hydrogen-bond acceptors (Lipinski definition) is 2. The molecule has 26 heavy (non-hydrogen) atoms. The molecule has 0 saturated carbocycles. The van der Waals surface area contributed by atoms with Gasteiger partial charge in [0.05, 0.1) is 11.6 Å². The molecule has 0 radical (unpaired) electrons. The van der Waals surface area contributed by atoms with Crippen LogP contribution < -0.4 is 5.32 Å². The normalized spacial score (nSPS) is 19.2. The zero-order valence-electron chi connectivity index (χ0n) is 13.3. The summed E-state index contributed by atoms with van der Waals surface area (Å²) in [6.45, 7) is 0. The highest BCUT2D eigenvalue weighted by molar-refractivity contribution is 9.18. The minimum atomic E-state index is -1.39. The maximum absolute atomic E-state index is 14.9. The van der Waals surface area contributed by atoms with Gasteiger partial charge in [0, 0.05) is 21.7 Å². The lowest BCUT2D eigenvalue weighted by Gasteiger charge is -2.15. The van der Waals surface area contributed by atoms with E-state index in [1.54, 1.807) is 36.4 Å². The minimum Gasteiger partial charge on any atom is -0.323 e. The average Bonchev–Trinajstić information content (AvgIpc) is 3.00. The van der Waals surface area contributed by atoms with Crippen LogP contribution >= 0.6 is 27.5 Å². The second-order valence-corrected chi connectivity index (χ2v) is 6.96. The summed E-state index contributed by atoms with van der Waals surface area (Å²) in [5.74, 6) is -2.26. The summed E-state index contributed by atoms with van der Waals surface area (Å²) < 4.78 is 27.9. The van der Waals surface area contributed by atoms with E-state index in [2.05, 4.69) is 21.2 Å². The van der Waals surface area contributed by atoms with E-state index in [1.165, 1.54) is 6.07 Å². The fourth-order valence-corrected chi connectivity index (χ4v) is 3.56. The molecule has 7 heteroatoms. The maximum Gasteiger partial charge on any atom is 0.232 e. The van der Waals surface area contributed by atoms with Crippen molar-refractivity contribution < 1.29 is 18.4 Å². The molecule has 2 aromatic rings. The molecule has 1 amide bonds. The summed E-state index contributed by atoms with van der Waals surface area (Å²) in [5, 5.41) is 2.83. The number of rotatable bonds is 4. The molecule has 2 atom stereocenters. The Morgan fingerprint density at radius 1 is 1.12 bits per heavy atom. The van der Waals surface area contributed by atoms with E-state index in [0.29, 0.717) is 10.6 Å². The smallest absolute Gasteiger partial charge is 0.232 e. The van der Waals surface area contributed by atoms with Crippen molar-refractivity contribution in [2.45, 2.75) is 12.6 Å². The first-order valence-corrected chi connectivity index (χ1v) is 8.95. The Bertz CT molecular complexity index is 916. The summed E-state index contributed by atoms with van der Waals surface area (Å²) in [4.78, 5) is 24.0. The highest BCUT2D eigenvalue weighted by Gasteiger charge is 2.35. The molecule has 0 spiro atoms. The van der Waals surface area contributed by atoms with E-state index in [1.807, 2.05) is 0 Å². The van der Waals surface area contributed by atoms with Crippen LogP contribution in [0.25, 0.3) is 11.1 Å². The van der Waals surface area contributed by atoms with Gasteiger partial charge in [-0.2, -0.15) is 0 Å². The van der Waals surface area contributed by atoms with Gasteiger partial charge in [-0.15, -0.1) is 0 Å². The van der Waals surface area contributed by atoms with Crippen molar-refractivity contribution in [3.63, 3.8) is 0 Å². The lowest BCUT2D eigenvalue weighted by atomic mass is 10.0. The molecular formula is C19H13BrClF2NO2. The molecule has 0 fully saturated rings. The standard InChI is InChI=1S/C19H13BrClF2NO2/c20-18(25)13-8-10(22)9-14(13)19(26)24-16-7-3-5-12(17(16)23)11-4-1-2-6-15(11)21/h1-8,10,14H,9H2,(H,24,26)/t10?,14-/m1/s1. The fraction of sp³-hybridized carbons (Fsp3) is 0.158. The summed E-state index contributed by atoms with van der Waals surface area (Å²) >= 11 is 8.86. The second kappa shape index (κ2) is 7.68. The molecule has 1 aliphatic rings. The van der Waals surface area contributed by atoms with Crippen molar-refractivity contribution in [2.75, 3.05) is 5.32 Å².